The van der Waals surface area contributed by atoms with Crippen molar-refractivity contribution < 1.29 is 9.47 Å². The normalized spacial score (nSPS) is 15.8. The van der Waals surface area contributed by atoms with Crippen molar-refractivity contribution in [3.8, 4) is 11.6 Å². The molecule has 0 aliphatic carbocycles. The van der Waals surface area contributed by atoms with E-state index in [1.165, 1.54) is 16.8 Å². The van der Waals surface area contributed by atoms with E-state index >= 15 is 0 Å². The Balaban J connectivity index is 1.60. The van der Waals surface area contributed by atoms with Crippen LogP contribution in [0.1, 0.15) is 29.2 Å². The second-order valence-electron chi connectivity index (χ2n) is 8.87. The van der Waals surface area contributed by atoms with E-state index in [1.807, 2.05) is 34.9 Å². The van der Waals surface area contributed by atoms with Crippen molar-refractivity contribution in [1.82, 2.24) is 14.1 Å². The van der Waals surface area contributed by atoms with Crippen LogP contribution in [0.15, 0.2) is 59.5 Å². The van der Waals surface area contributed by atoms with Crippen LogP contribution in [-0.2, 0) is 6.54 Å². The summed E-state index contributed by atoms with van der Waals surface area (Å²) in [5.41, 5.74) is 6.23. The molecule has 0 N–H and O–H groups in total. The molecule has 5 rings (SSSR count). The SMILES string of the molecule is COc1ccccc1Cn1c(=O)n([C@@H]2CCN(c3c(C)cccc3C)C2)c2ccnc(OC)c21. The summed E-state index contributed by atoms with van der Waals surface area (Å²) < 4.78 is 14.8. The molecule has 1 aliphatic rings. The standard InChI is InChI=1S/C27H30N4O3/c1-18-8-7-9-19(2)24(18)29-15-13-21(17-29)31-22-12-14-28-26(34-4)25(22)30(27(31)32)16-20-10-5-6-11-23(20)33-3/h5-12,14,21H,13,15-17H2,1-4H3/t21-/m1/s1. The summed E-state index contributed by atoms with van der Waals surface area (Å²) >= 11 is 0. The molecule has 1 saturated heterocycles. The summed E-state index contributed by atoms with van der Waals surface area (Å²) in [4.78, 5) is 20.7. The van der Waals surface area contributed by atoms with Gasteiger partial charge in [0.05, 0.1) is 32.3 Å². The molecule has 7 heteroatoms. The lowest BCUT2D eigenvalue weighted by atomic mass is 10.1. The van der Waals surface area contributed by atoms with Gasteiger partial charge in [-0.3, -0.25) is 9.13 Å². The van der Waals surface area contributed by atoms with Crippen molar-refractivity contribution in [3.63, 3.8) is 0 Å². The van der Waals surface area contributed by atoms with E-state index in [0.29, 0.717) is 17.9 Å². The number of hydrogen-bond donors (Lipinski definition) is 0. The van der Waals surface area contributed by atoms with Crippen molar-refractivity contribution in [2.75, 3.05) is 32.2 Å². The van der Waals surface area contributed by atoms with Gasteiger partial charge in [0, 0.05) is 30.5 Å². The molecule has 3 heterocycles. The number of anilines is 1. The summed E-state index contributed by atoms with van der Waals surface area (Å²) in [5, 5.41) is 0. The molecule has 2 aromatic heterocycles. The third kappa shape index (κ3) is 3.61. The molecule has 0 bridgehead atoms. The van der Waals surface area contributed by atoms with E-state index in [-0.39, 0.29) is 11.7 Å². The predicted molar refractivity (Wildman–Crippen MR) is 134 cm³/mol. The predicted octanol–water partition coefficient (Wildman–Crippen LogP) is 4.33. The molecule has 1 fully saturated rings. The molecule has 4 aromatic rings. The number of imidazole rings is 1. The molecule has 1 atom stereocenters. The van der Waals surface area contributed by atoms with Gasteiger partial charge in [-0.05, 0) is 43.5 Å². The van der Waals surface area contributed by atoms with E-state index in [1.54, 1.807) is 25.0 Å². The Morgan fingerprint density at radius 3 is 2.50 bits per heavy atom. The molecule has 0 radical (unpaired) electrons. The third-order valence-electron chi connectivity index (χ3n) is 6.83. The Bertz CT molecular complexity index is 1380. The zero-order chi connectivity index (χ0) is 23.8. The molecule has 0 spiro atoms. The number of aryl methyl sites for hydroxylation is 2. The Hall–Kier alpha value is -3.74. The summed E-state index contributed by atoms with van der Waals surface area (Å²) in [5.74, 6) is 1.20. The number of methoxy groups -OCH3 is 2. The summed E-state index contributed by atoms with van der Waals surface area (Å²) in [7, 11) is 3.24. The van der Waals surface area contributed by atoms with Gasteiger partial charge in [-0.2, -0.15) is 0 Å². The number of rotatable bonds is 6. The monoisotopic (exact) mass is 458 g/mol. The van der Waals surface area contributed by atoms with Crippen LogP contribution in [-0.4, -0.2) is 41.4 Å². The first-order chi connectivity index (χ1) is 16.5. The minimum Gasteiger partial charge on any atom is -0.496 e. The van der Waals surface area contributed by atoms with Gasteiger partial charge in [-0.15, -0.1) is 0 Å². The fourth-order valence-corrected chi connectivity index (χ4v) is 5.32. The highest BCUT2D eigenvalue weighted by atomic mass is 16.5. The van der Waals surface area contributed by atoms with Crippen LogP contribution in [0.3, 0.4) is 0 Å². The largest absolute Gasteiger partial charge is 0.496 e. The average Bonchev–Trinajstić information content (AvgIpc) is 3.42. The van der Waals surface area contributed by atoms with Crippen LogP contribution in [0.4, 0.5) is 5.69 Å². The van der Waals surface area contributed by atoms with E-state index in [2.05, 4.69) is 41.9 Å². The average molecular weight is 459 g/mol. The summed E-state index contributed by atoms with van der Waals surface area (Å²) in [6.07, 6.45) is 2.61. The number of para-hydroxylation sites is 2. The van der Waals surface area contributed by atoms with Crippen molar-refractivity contribution in [2.45, 2.75) is 32.9 Å². The number of hydrogen-bond acceptors (Lipinski definition) is 5. The number of pyridine rings is 1. The van der Waals surface area contributed by atoms with E-state index in [4.69, 9.17) is 9.47 Å². The Morgan fingerprint density at radius 1 is 1.00 bits per heavy atom. The Kier molecular flexibility index (Phi) is 5.77. The highest BCUT2D eigenvalue weighted by molar-refractivity contribution is 5.81. The molecule has 176 valence electrons. The summed E-state index contributed by atoms with van der Waals surface area (Å²) in [6.45, 7) is 6.37. The molecule has 0 saturated carbocycles. The number of aromatic nitrogens is 3. The lowest BCUT2D eigenvalue weighted by molar-refractivity contribution is 0.399. The van der Waals surface area contributed by atoms with Crippen LogP contribution in [0, 0.1) is 13.8 Å². The van der Waals surface area contributed by atoms with Gasteiger partial charge in [-0.1, -0.05) is 36.4 Å². The maximum Gasteiger partial charge on any atom is 0.329 e. The molecular formula is C27H30N4O3. The highest BCUT2D eigenvalue weighted by Crippen LogP contribution is 2.34. The van der Waals surface area contributed by atoms with Gasteiger partial charge in [0.15, 0.2) is 0 Å². The first-order valence-corrected chi connectivity index (χ1v) is 11.6. The molecule has 2 aromatic carbocycles. The molecule has 7 nitrogen and oxygen atoms in total. The lowest BCUT2D eigenvalue weighted by Gasteiger charge is -2.23. The molecule has 0 unspecified atom stereocenters. The van der Waals surface area contributed by atoms with Crippen molar-refractivity contribution in [3.05, 3.63) is 81.9 Å². The smallest absolute Gasteiger partial charge is 0.329 e. The van der Waals surface area contributed by atoms with Crippen LogP contribution in [0.25, 0.3) is 11.0 Å². The number of benzene rings is 2. The topological polar surface area (TPSA) is 61.5 Å². The maximum atomic E-state index is 13.9. The van der Waals surface area contributed by atoms with Gasteiger partial charge >= 0.3 is 5.69 Å². The van der Waals surface area contributed by atoms with E-state index in [9.17, 15) is 4.79 Å². The van der Waals surface area contributed by atoms with Crippen LogP contribution >= 0.6 is 0 Å². The fraction of sp³-hybridized carbons (Fsp3) is 0.333. The van der Waals surface area contributed by atoms with Gasteiger partial charge in [-0.25, -0.2) is 9.78 Å². The number of fused-ring (bicyclic) bond motifs is 1. The highest BCUT2D eigenvalue weighted by Gasteiger charge is 2.30. The van der Waals surface area contributed by atoms with Gasteiger partial charge in [0.25, 0.3) is 0 Å². The van der Waals surface area contributed by atoms with Crippen molar-refractivity contribution >= 4 is 16.7 Å². The van der Waals surface area contributed by atoms with Crippen molar-refractivity contribution in [1.29, 1.82) is 0 Å². The van der Waals surface area contributed by atoms with Gasteiger partial charge in [0.1, 0.15) is 11.3 Å². The minimum atomic E-state index is -0.0550. The molecular weight excluding hydrogens is 428 g/mol. The number of ether oxygens (including phenoxy) is 2. The first kappa shape index (κ1) is 22.1. The fourth-order valence-electron chi connectivity index (χ4n) is 5.32. The Labute approximate surface area is 199 Å². The van der Waals surface area contributed by atoms with Crippen molar-refractivity contribution in [2.24, 2.45) is 0 Å². The molecule has 1 aliphatic heterocycles. The maximum absolute atomic E-state index is 13.9. The molecule has 34 heavy (non-hydrogen) atoms. The minimum absolute atomic E-state index is 0.0550. The zero-order valence-corrected chi connectivity index (χ0v) is 20.1. The third-order valence-corrected chi connectivity index (χ3v) is 6.83. The van der Waals surface area contributed by atoms with Crippen LogP contribution in [0.2, 0.25) is 0 Å². The van der Waals surface area contributed by atoms with Gasteiger partial charge < -0.3 is 14.4 Å². The first-order valence-electron chi connectivity index (χ1n) is 11.6. The number of nitrogens with zero attached hydrogens (tertiary/aromatic N) is 4. The van der Waals surface area contributed by atoms with Gasteiger partial charge in [0.2, 0.25) is 5.88 Å². The Morgan fingerprint density at radius 2 is 1.76 bits per heavy atom. The van der Waals surface area contributed by atoms with Crippen LogP contribution in [0.5, 0.6) is 11.6 Å². The quantitative estimate of drug-likeness (QED) is 0.430. The second kappa shape index (κ2) is 8.89. The zero-order valence-electron chi connectivity index (χ0n) is 20.1. The van der Waals surface area contributed by atoms with E-state index < -0.39 is 0 Å². The van der Waals surface area contributed by atoms with E-state index in [0.717, 1.165) is 36.3 Å². The lowest BCUT2D eigenvalue weighted by Crippen LogP contribution is -2.30. The summed E-state index contributed by atoms with van der Waals surface area (Å²) in [6, 6.07) is 16.1. The second-order valence-corrected chi connectivity index (χ2v) is 8.87. The van der Waals surface area contributed by atoms with Crippen LogP contribution < -0.4 is 20.1 Å². The molecule has 0 amide bonds.